The molecular formula is C6H13N5. The maximum Gasteiger partial charge on any atom is 0.0577 e. The van der Waals surface area contributed by atoms with E-state index in [0.717, 1.165) is 6.42 Å². The maximum absolute atomic E-state index is 2.92. The molecule has 0 aliphatic heterocycles. The molecule has 0 amide bonds. The standard InChI is InChI=1S/C6H13N5/c1-2-4-6(5-3-1)11-9-7-8-10-11/h4,7-10H,1-3,5H2. The summed E-state index contributed by atoms with van der Waals surface area (Å²) >= 11 is 0. The first-order chi connectivity index (χ1) is 5.47. The van der Waals surface area contributed by atoms with Gasteiger partial charge in [-0.25, -0.2) is 20.9 Å². The zero-order valence-corrected chi connectivity index (χ0v) is 6.35. The Balaban J connectivity index is 2.22. The fourth-order valence-corrected chi connectivity index (χ4v) is 1.36. The van der Waals surface area contributed by atoms with Crippen LogP contribution in [-0.4, -0.2) is 25.7 Å². The van der Waals surface area contributed by atoms with Crippen molar-refractivity contribution < 1.29 is 0 Å². The van der Waals surface area contributed by atoms with Crippen LogP contribution in [0.2, 0.25) is 0 Å². The summed E-state index contributed by atoms with van der Waals surface area (Å²) in [6, 6.07) is 0. The number of hydrogen-bond acceptors (Lipinski definition) is 0. The van der Waals surface area contributed by atoms with Crippen molar-refractivity contribution in [2.45, 2.75) is 25.7 Å². The van der Waals surface area contributed by atoms with Crippen LogP contribution in [0.15, 0.2) is 6.08 Å². The van der Waals surface area contributed by atoms with Crippen LogP contribution in [0.25, 0.3) is 5.70 Å². The Labute approximate surface area is 64.1 Å². The largest absolute Gasteiger partial charge is 0.212 e. The first-order valence-electron chi connectivity index (χ1n) is 3.97. The van der Waals surface area contributed by atoms with Crippen LogP contribution >= 0.6 is 0 Å². The van der Waals surface area contributed by atoms with E-state index in [1.807, 2.05) is 4.80 Å². The summed E-state index contributed by atoms with van der Waals surface area (Å²) < 4.78 is 0. The Morgan fingerprint density at radius 1 is 1.18 bits per heavy atom. The lowest BCUT2D eigenvalue weighted by Gasteiger charge is -2.11. The highest BCUT2D eigenvalue weighted by Crippen LogP contribution is 2.18. The topological polar surface area (TPSA) is 68.1 Å². The van der Waals surface area contributed by atoms with Crippen molar-refractivity contribution >= 4 is 5.70 Å². The van der Waals surface area contributed by atoms with Gasteiger partial charge in [0.1, 0.15) is 0 Å². The molecule has 0 fully saturated rings. The van der Waals surface area contributed by atoms with Gasteiger partial charge in [0.15, 0.2) is 0 Å². The molecule has 62 valence electrons. The summed E-state index contributed by atoms with van der Waals surface area (Å²) in [4.78, 5) is 1.86. The monoisotopic (exact) mass is 155 g/mol. The second-order valence-corrected chi connectivity index (χ2v) is 2.75. The third-order valence-corrected chi connectivity index (χ3v) is 1.95. The van der Waals surface area contributed by atoms with E-state index < -0.39 is 0 Å². The molecular weight excluding hydrogens is 142 g/mol. The van der Waals surface area contributed by atoms with Gasteiger partial charge in [0, 0.05) is 0 Å². The summed E-state index contributed by atoms with van der Waals surface area (Å²) in [5.41, 5.74) is 1.30. The van der Waals surface area contributed by atoms with Gasteiger partial charge in [-0.2, -0.15) is 4.80 Å². The quantitative estimate of drug-likeness (QED) is 0.473. The Bertz CT molecular complexity index is 250. The van der Waals surface area contributed by atoms with Crippen LogP contribution in [0.3, 0.4) is 0 Å². The van der Waals surface area contributed by atoms with E-state index >= 15 is 0 Å². The zero-order chi connectivity index (χ0) is 7.52. The van der Waals surface area contributed by atoms with Crippen LogP contribution in [0, 0.1) is 0 Å². The molecule has 0 aromatic carbocycles. The molecule has 1 aliphatic carbocycles. The number of H-pyrrole nitrogens is 4. The third kappa shape index (κ3) is 1.26. The minimum atomic E-state index is 1.14. The normalized spacial score (nSPS) is 18.0. The number of nitrogens with zero attached hydrogens (tertiary/aromatic N) is 1. The molecule has 1 aromatic rings. The molecule has 11 heavy (non-hydrogen) atoms. The van der Waals surface area contributed by atoms with E-state index in [4.69, 9.17) is 0 Å². The molecule has 4 N–H and O–H groups in total. The van der Waals surface area contributed by atoms with Gasteiger partial charge >= 0.3 is 0 Å². The minimum absolute atomic E-state index is 1.14. The first kappa shape index (κ1) is 6.45. The fraction of sp³-hybridized carbons (Fsp3) is 0.667. The predicted octanol–water partition coefficient (Wildman–Crippen LogP) is 1.34. The number of nitrogens with one attached hydrogen (secondary N) is 4. The van der Waals surface area contributed by atoms with Gasteiger partial charge in [-0.05, 0) is 25.7 Å². The van der Waals surface area contributed by atoms with E-state index in [1.54, 1.807) is 0 Å². The van der Waals surface area contributed by atoms with Crippen molar-refractivity contribution in [1.82, 2.24) is 25.7 Å². The lowest BCUT2D eigenvalue weighted by atomic mass is 10.1. The molecule has 0 bridgehead atoms. The summed E-state index contributed by atoms with van der Waals surface area (Å²) in [5, 5.41) is 11.3. The molecule has 5 nitrogen and oxygen atoms in total. The molecule has 2 rings (SSSR count). The molecule has 5 heteroatoms. The Morgan fingerprint density at radius 3 is 2.64 bits per heavy atom. The fourth-order valence-electron chi connectivity index (χ4n) is 1.36. The Morgan fingerprint density at radius 2 is 2.00 bits per heavy atom. The Kier molecular flexibility index (Phi) is 1.63. The molecule has 0 spiro atoms. The highest BCUT2D eigenvalue weighted by Gasteiger charge is 2.04. The lowest BCUT2D eigenvalue weighted by Crippen LogP contribution is -2.04. The molecule has 1 aliphatic rings. The lowest BCUT2D eigenvalue weighted by molar-refractivity contribution is 0.645. The van der Waals surface area contributed by atoms with Gasteiger partial charge in [0.05, 0.1) is 5.70 Å². The van der Waals surface area contributed by atoms with Crippen molar-refractivity contribution in [3.05, 3.63) is 6.08 Å². The van der Waals surface area contributed by atoms with Crippen LogP contribution in [0.5, 0.6) is 0 Å². The zero-order valence-electron chi connectivity index (χ0n) is 6.35. The molecule has 0 radical (unpaired) electrons. The van der Waals surface area contributed by atoms with Gasteiger partial charge in [-0.3, -0.25) is 0 Å². The van der Waals surface area contributed by atoms with Crippen molar-refractivity contribution in [2.24, 2.45) is 0 Å². The van der Waals surface area contributed by atoms with Gasteiger partial charge < -0.3 is 0 Å². The molecule has 1 heterocycles. The summed E-state index contributed by atoms with van der Waals surface area (Å²) in [7, 11) is 0. The van der Waals surface area contributed by atoms with Crippen molar-refractivity contribution in [3.63, 3.8) is 0 Å². The average Bonchev–Trinajstić information content (AvgIpc) is 2.58. The number of allylic oxidation sites excluding steroid dienone is 2. The van der Waals surface area contributed by atoms with E-state index in [9.17, 15) is 0 Å². The Hall–Kier alpha value is -1.26. The van der Waals surface area contributed by atoms with Crippen LogP contribution < -0.4 is 0 Å². The van der Waals surface area contributed by atoms with Crippen LogP contribution in [0.1, 0.15) is 25.7 Å². The van der Waals surface area contributed by atoms with E-state index in [1.165, 1.54) is 25.0 Å². The van der Waals surface area contributed by atoms with Crippen molar-refractivity contribution in [3.8, 4) is 0 Å². The number of rotatable bonds is 1. The van der Waals surface area contributed by atoms with Crippen molar-refractivity contribution in [2.75, 3.05) is 0 Å². The maximum atomic E-state index is 2.92. The number of aromatic nitrogens is 5. The third-order valence-electron chi connectivity index (χ3n) is 1.95. The van der Waals surface area contributed by atoms with E-state index in [2.05, 4.69) is 26.9 Å². The second kappa shape index (κ2) is 2.77. The molecule has 1 aromatic heterocycles. The van der Waals surface area contributed by atoms with Gasteiger partial charge in [0.2, 0.25) is 0 Å². The average molecular weight is 155 g/mol. The molecule has 0 saturated heterocycles. The van der Waals surface area contributed by atoms with Gasteiger partial charge in [-0.15, -0.1) is 0 Å². The highest BCUT2D eigenvalue weighted by atomic mass is 15.7. The molecule has 0 unspecified atom stereocenters. The van der Waals surface area contributed by atoms with E-state index in [-0.39, 0.29) is 0 Å². The SMILES string of the molecule is C1=C(n2[nH][nH][nH][nH]2)CCCC1. The minimum Gasteiger partial charge on any atom is -0.212 e. The smallest absolute Gasteiger partial charge is 0.0577 e. The summed E-state index contributed by atoms with van der Waals surface area (Å²) in [5.74, 6) is 0. The first-order valence-corrected chi connectivity index (χ1v) is 3.97. The van der Waals surface area contributed by atoms with Crippen LogP contribution in [0.4, 0.5) is 0 Å². The molecule has 0 atom stereocenters. The van der Waals surface area contributed by atoms with Gasteiger partial charge in [-0.1, -0.05) is 6.08 Å². The molecule has 0 saturated carbocycles. The van der Waals surface area contributed by atoms with E-state index in [0.29, 0.717) is 0 Å². The second-order valence-electron chi connectivity index (χ2n) is 2.75. The predicted molar refractivity (Wildman–Crippen MR) is 42.2 cm³/mol. The summed E-state index contributed by atoms with van der Waals surface area (Å²) in [6.45, 7) is 0. The van der Waals surface area contributed by atoms with Gasteiger partial charge in [0.25, 0.3) is 0 Å². The number of aromatic amines is 4. The van der Waals surface area contributed by atoms with Crippen LogP contribution in [-0.2, 0) is 0 Å². The highest BCUT2D eigenvalue weighted by molar-refractivity contribution is 5.42. The summed E-state index contributed by atoms with van der Waals surface area (Å²) in [6.07, 6.45) is 7.18. The number of hydrogen-bond donors (Lipinski definition) is 4. The van der Waals surface area contributed by atoms with Crippen molar-refractivity contribution in [1.29, 1.82) is 0 Å².